The zero-order valence-corrected chi connectivity index (χ0v) is 14.4. The van der Waals surface area contributed by atoms with Crippen molar-refractivity contribution in [3.05, 3.63) is 29.3 Å². The highest BCUT2D eigenvalue weighted by atomic mass is 35.5. The molecule has 4 nitrogen and oxygen atoms in total. The van der Waals surface area contributed by atoms with E-state index in [0.717, 1.165) is 37.1 Å². The van der Waals surface area contributed by atoms with Gasteiger partial charge in [0.2, 0.25) is 10.0 Å². The second kappa shape index (κ2) is 6.65. The molecule has 1 aromatic rings. The minimum atomic E-state index is -3.46. The van der Waals surface area contributed by atoms with Crippen molar-refractivity contribution >= 4 is 21.6 Å². The summed E-state index contributed by atoms with van der Waals surface area (Å²) in [4.78, 5) is 2.61. The van der Waals surface area contributed by atoms with E-state index in [0.29, 0.717) is 10.8 Å². The molecule has 0 spiro atoms. The fraction of sp³-hybridized carbons (Fsp3) is 0.600. The van der Waals surface area contributed by atoms with Gasteiger partial charge in [-0.15, -0.1) is 11.6 Å². The van der Waals surface area contributed by atoms with Gasteiger partial charge in [0.25, 0.3) is 0 Å². The molecule has 0 aromatic heterocycles. The van der Waals surface area contributed by atoms with E-state index in [1.165, 1.54) is 0 Å². The fourth-order valence-corrected chi connectivity index (χ4v) is 4.77. The van der Waals surface area contributed by atoms with E-state index in [1.54, 1.807) is 23.5 Å². The number of hydrogen-bond donors (Lipinski definition) is 0. The molecule has 1 aromatic carbocycles. The van der Waals surface area contributed by atoms with Crippen molar-refractivity contribution in [1.29, 1.82) is 0 Å². The lowest BCUT2D eigenvalue weighted by molar-refractivity contribution is 0.197. The average Bonchev–Trinajstić information content (AvgIpc) is 2.47. The van der Waals surface area contributed by atoms with Crippen LogP contribution in [0.25, 0.3) is 0 Å². The normalized spacial score (nSPS) is 18.3. The first-order valence-electron chi connectivity index (χ1n) is 7.19. The summed E-state index contributed by atoms with van der Waals surface area (Å²) in [6.07, 6.45) is 1.75. The van der Waals surface area contributed by atoms with E-state index in [9.17, 15) is 8.42 Å². The summed E-state index contributed by atoms with van der Waals surface area (Å²) in [5, 5.41) is 0. The molecule has 0 unspecified atom stereocenters. The van der Waals surface area contributed by atoms with Crippen LogP contribution in [0.4, 0.5) is 0 Å². The Morgan fingerprint density at radius 2 is 1.95 bits per heavy atom. The Bertz CT molecular complexity index is 596. The Labute approximate surface area is 132 Å². The fourth-order valence-electron chi connectivity index (χ4n) is 2.79. The molecule has 0 N–H and O–H groups in total. The molecule has 0 saturated carbocycles. The smallest absolute Gasteiger partial charge is 0.243 e. The van der Waals surface area contributed by atoms with Gasteiger partial charge in [-0.25, -0.2) is 8.42 Å². The second-order valence-electron chi connectivity index (χ2n) is 5.73. The number of halogens is 1. The van der Waals surface area contributed by atoms with Crippen molar-refractivity contribution in [1.82, 2.24) is 9.21 Å². The molecule has 1 fully saturated rings. The molecular weight excluding hydrogens is 308 g/mol. The van der Waals surface area contributed by atoms with E-state index in [2.05, 4.69) is 11.9 Å². The van der Waals surface area contributed by atoms with E-state index in [-0.39, 0.29) is 6.04 Å². The Morgan fingerprint density at radius 1 is 1.33 bits per heavy atom. The quantitative estimate of drug-likeness (QED) is 0.796. The van der Waals surface area contributed by atoms with Crippen LogP contribution in [-0.2, 0) is 15.9 Å². The number of benzene rings is 1. The third-order valence-electron chi connectivity index (χ3n) is 4.40. The first-order chi connectivity index (χ1) is 9.87. The van der Waals surface area contributed by atoms with Gasteiger partial charge in [0.15, 0.2) is 0 Å². The maximum absolute atomic E-state index is 12.9. The summed E-state index contributed by atoms with van der Waals surface area (Å²) in [6, 6.07) is 5.38. The summed E-state index contributed by atoms with van der Waals surface area (Å²) in [7, 11) is 0.298. The highest BCUT2D eigenvalue weighted by Crippen LogP contribution is 2.26. The van der Waals surface area contributed by atoms with Gasteiger partial charge in [0.05, 0.1) is 4.90 Å². The van der Waals surface area contributed by atoms with Crippen LogP contribution in [0.15, 0.2) is 23.1 Å². The molecule has 0 bridgehead atoms. The van der Waals surface area contributed by atoms with E-state index in [4.69, 9.17) is 11.6 Å². The minimum Gasteiger partial charge on any atom is -0.306 e. The highest BCUT2D eigenvalue weighted by molar-refractivity contribution is 7.89. The maximum atomic E-state index is 12.9. The van der Waals surface area contributed by atoms with Crippen molar-refractivity contribution in [2.75, 3.05) is 27.2 Å². The predicted octanol–water partition coefficient (Wildman–Crippen LogP) is 2.45. The Morgan fingerprint density at radius 3 is 2.52 bits per heavy atom. The number of hydrogen-bond acceptors (Lipinski definition) is 3. The zero-order valence-electron chi connectivity index (χ0n) is 12.8. The van der Waals surface area contributed by atoms with Gasteiger partial charge in [-0.2, -0.15) is 4.31 Å². The lowest BCUT2D eigenvalue weighted by atomic mass is 10.1. The van der Waals surface area contributed by atoms with Crippen LogP contribution in [-0.4, -0.2) is 50.8 Å². The number of alkyl halides is 1. The van der Waals surface area contributed by atoms with Crippen LogP contribution in [0, 0.1) is 6.92 Å². The molecular formula is C15H23ClN2O2S. The topological polar surface area (TPSA) is 40.6 Å². The molecule has 2 rings (SSSR count). The third-order valence-corrected chi connectivity index (χ3v) is 6.74. The van der Waals surface area contributed by atoms with E-state index in [1.807, 2.05) is 13.0 Å². The van der Waals surface area contributed by atoms with Crippen LogP contribution >= 0.6 is 11.6 Å². The predicted molar refractivity (Wildman–Crippen MR) is 86.2 cm³/mol. The molecule has 0 radical (unpaired) electrons. The van der Waals surface area contributed by atoms with Gasteiger partial charge in [0.1, 0.15) is 0 Å². The molecule has 1 saturated heterocycles. The molecule has 0 atom stereocenters. The zero-order chi connectivity index (χ0) is 15.6. The van der Waals surface area contributed by atoms with Crippen LogP contribution in [0.5, 0.6) is 0 Å². The Hall–Kier alpha value is -0.620. The Balaban J connectivity index is 2.29. The van der Waals surface area contributed by atoms with Crippen molar-refractivity contribution in [2.24, 2.45) is 0 Å². The summed E-state index contributed by atoms with van der Waals surface area (Å²) < 4.78 is 27.3. The SMILES string of the molecule is Cc1c(CCl)cccc1S(=O)(=O)N(C)C1CCN(C)CC1. The van der Waals surface area contributed by atoms with Crippen LogP contribution in [0.1, 0.15) is 24.0 Å². The first kappa shape index (κ1) is 16.7. The van der Waals surface area contributed by atoms with Crippen molar-refractivity contribution in [3.63, 3.8) is 0 Å². The lowest BCUT2D eigenvalue weighted by Crippen LogP contribution is -2.44. The second-order valence-corrected chi connectivity index (χ2v) is 7.96. The summed E-state index contributed by atoms with van der Waals surface area (Å²) in [6.45, 7) is 3.70. The number of sulfonamides is 1. The molecule has 21 heavy (non-hydrogen) atoms. The van der Waals surface area contributed by atoms with E-state index < -0.39 is 10.0 Å². The third kappa shape index (κ3) is 3.42. The number of nitrogens with zero attached hydrogens (tertiary/aromatic N) is 2. The van der Waals surface area contributed by atoms with Crippen LogP contribution < -0.4 is 0 Å². The first-order valence-corrected chi connectivity index (χ1v) is 9.16. The van der Waals surface area contributed by atoms with Crippen LogP contribution in [0.2, 0.25) is 0 Å². The van der Waals surface area contributed by atoms with Gasteiger partial charge in [-0.1, -0.05) is 12.1 Å². The van der Waals surface area contributed by atoms with Gasteiger partial charge < -0.3 is 4.90 Å². The average molecular weight is 331 g/mol. The highest BCUT2D eigenvalue weighted by Gasteiger charge is 2.31. The van der Waals surface area contributed by atoms with E-state index >= 15 is 0 Å². The molecule has 1 heterocycles. The molecule has 1 aliphatic heterocycles. The Kier molecular flexibility index (Phi) is 5.30. The standard InChI is InChI=1S/C15H23ClN2O2S/c1-12-13(11-16)5-4-6-15(12)21(19,20)18(3)14-7-9-17(2)10-8-14/h4-6,14H,7-11H2,1-3H3. The lowest BCUT2D eigenvalue weighted by Gasteiger charge is -2.34. The molecule has 6 heteroatoms. The monoisotopic (exact) mass is 330 g/mol. The summed E-state index contributed by atoms with van der Waals surface area (Å²) >= 11 is 5.88. The minimum absolute atomic E-state index is 0.0743. The van der Waals surface area contributed by atoms with Crippen LogP contribution in [0.3, 0.4) is 0 Å². The maximum Gasteiger partial charge on any atom is 0.243 e. The molecule has 1 aliphatic rings. The number of piperidine rings is 1. The largest absolute Gasteiger partial charge is 0.306 e. The summed E-state index contributed by atoms with van der Waals surface area (Å²) in [5.74, 6) is 0.327. The van der Waals surface area contributed by atoms with Gasteiger partial charge in [-0.05, 0) is 57.1 Å². The molecule has 0 amide bonds. The van der Waals surface area contributed by atoms with Gasteiger partial charge >= 0.3 is 0 Å². The van der Waals surface area contributed by atoms with Crippen molar-refractivity contribution < 1.29 is 8.42 Å². The van der Waals surface area contributed by atoms with Gasteiger partial charge in [-0.3, -0.25) is 0 Å². The molecule has 0 aliphatic carbocycles. The summed E-state index contributed by atoms with van der Waals surface area (Å²) in [5.41, 5.74) is 1.63. The molecule has 118 valence electrons. The number of rotatable bonds is 4. The van der Waals surface area contributed by atoms with Crippen molar-refractivity contribution in [2.45, 2.75) is 36.6 Å². The van der Waals surface area contributed by atoms with Gasteiger partial charge in [0, 0.05) is 19.0 Å². The number of likely N-dealkylation sites (tertiary alicyclic amines) is 1. The van der Waals surface area contributed by atoms with Crippen molar-refractivity contribution in [3.8, 4) is 0 Å².